The van der Waals surface area contributed by atoms with E-state index >= 15 is 0 Å². The monoisotopic (exact) mass is 298 g/mol. The maximum Gasteiger partial charge on any atom is 0.125 e. The molecule has 0 heterocycles. The van der Waals surface area contributed by atoms with Crippen LogP contribution in [0.1, 0.15) is 24.2 Å². The minimum Gasteiger partial charge on any atom is -0.491 e. The van der Waals surface area contributed by atoms with Gasteiger partial charge in [0.2, 0.25) is 0 Å². The third-order valence-corrected chi connectivity index (χ3v) is 2.91. The summed E-state index contributed by atoms with van der Waals surface area (Å²) < 4.78 is 21.2. The van der Waals surface area contributed by atoms with Crippen molar-refractivity contribution < 1.29 is 24.1 Å². The van der Waals surface area contributed by atoms with Crippen molar-refractivity contribution in [2.75, 3.05) is 46.8 Å². The summed E-state index contributed by atoms with van der Waals surface area (Å²) >= 11 is 0. The lowest BCUT2D eigenvalue weighted by Gasteiger charge is -2.14. The van der Waals surface area contributed by atoms with Crippen molar-refractivity contribution in [3.8, 4) is 5.75 Å². The Kier molecular flexibility index (Phi) is 9.01. The van der Waals surface area contributed by atoms with E-state index in [9.17, 15) is 5.11 Å². The first-order valence-electron chi connectivity index (χ1n) is 7.21. The molecule has 1 N–H and O–H groups in total. The predicted molar refractivity (Wildman–Crippen MR) is 80.8 cm³/mol. The average Bonchev–Trinajstić information content (AvgIpc) is 2.45. The molecule has 0 saturated heterocycles. The third-order valence-electron chi connectivity index (χ3n) is 2.91. The zero-order chi connectivity index (χ0) is 15.5. The summed E-state index contributed by atoms with van der Waals surface area (Å²) in [7, 11) is 1.64. The molecule has 0 amide bonds. The van der Waals surface area contributed by atoms with Gasteiger partial charge < -0.3 is 24.1 Å². The van der Waals surface area contributed by atoms with Crippen LogP contribution in [0.2, 0.25) is 0 Å². The molecule has 0 radical (unpaired) electrons. The Labute approximate surface area is 126 Å². The van der Waals surface area contributed by atoms with Gasteiger partial charge in [0.05, 0.1) is 39.1 Å². The molecule has 0 aliphatic carbocycles. The van der Waals surface area contributed by atoms with Crippen LogP contribution in [-0.2, 0) is 14.2 Å². The maximum absolute atomic E-state index is 9.70. The van der Waals surface area contributed by atoms with Gasteiger partial charge in [-0.1, -0.05) is 12.1 Å². The molecule has 0 aliphatic rings. The van der Waals surface area contributed by atoms with Crippen LogP contribution in [-0.4, -0.2) is 51.9 Å². The van der Waals surface area contributed by atoms with Gasteiger partial charge in [0.1, 0.15) is 12.4 Å². The summed E-state index contributed by atoms with van der Waals surface area (Å²) in [6.07, 6.45) is -0.546. The summed E-state index contributed by atoms with van der Waals surface area (Å²) in [5.41, 5.74) is 1.89. The van der Waals surface area contributed by atoms with Crippen molar-refractivity contribution in [3.05, 3.63) is 29.3 Å². The molecule has 1 rings (SSSR count). The van der Waals surface area contributed by atoms with E-state index in [1.54, 1.807) is 14.0 Å². The minimum absolute atomic E-state index is 0.446. The van der Waals surface area contributed by atoms with Crippen LogP contribution < -0.4 is 4.74 Å². The molecule has 0 saturated carbocycles. The van der Waals surface area contributed by atoms with E-state index in [4.69, 9.17) is 18.9 Å². The van der Waals surface area contributed by atoms with Gasteiger partial charge in [0.25, 0.3) is 0 Å². The van der Waals surface area contributed by atoms with Gasteiger partial charge in [-0.2, -0.15) is 0 Å². The Hall–Kier alpha value is -1.14. The molecular formula is C16H26O5. The Balaban J connectivity index is 2.19. The van der Waals surface area contributed by atoms with Gasteiger partial charge >= 0.3 is 0 Å². The third kappa shape index (κ3) is 7.43. The molecule has 0 bridgehead atoms. The normalized spacial score (nSPS) is 12.4. The Morgan fingerprint density at radius 2 is 1.62 bits per heavy atom. The second-order valence-corrected chi connectivity index (χ2v) is 4.78. The molecule has 5 heteroatoms. The lowest BCUT2D eigenvalue weighted by Crippen LogP contribution is -2.13. The lowest BCUT2D eigenvalue weighted by molar-refractivity contribution is 0.0177. The molecule has 5 nitrogen and oxygen atoms in total. The van der Waals surface area contributed by atoms with Crippen LogP contribution in [0.25, 0.3) is 0 Å². The summed E-state index contributed by atoms with van der Waals surface area (Å²) in [6, 6.07) is 5.78. The first-order valence-corrected chi connectivity index (χ1v) is 7.21. The van der Waals surface area contributed by atoms with Crippen molar-refractivity contribution in [1.29, 1.82) is 0 Å². The van der Waals surface area contributed by atoms with Gasteiger partial charge in [0, 0.05) is 12.7 Å². The number of methoxy groups -OCH3 is 1. The molecule has 120 valence electrons. The van der Waals surface area contributed by atoms with Crippen LogP contribution in [0.4, 0.5) is 0 Å². The van der Waals surface area contributed by atoms with Crippen LogP contribution in [0.5, 0.6) is 5.75 Å². The Morgan fingerprint density at radius 1 is 1.00 bits per heavy atom. The van der Waals surface area contributed by atoms with Crippen molar-refractivity contribution in [2.24, 2.45) is 0 Å². The molecule has 0 unspecified atom stereocenters. The Bertz CT molecular complexity index is 392. The fraction of sp³-hybridized carbons (Fsp3) is 0.625. The predicted octanol–water partition coefficient (Wildman–Crippen LogP) is 2.11. The number of aryl methyl sites for hydroxylation is 1. The number of ether oxygens (including phenoxy) is 4. The van der Waals surface area contributed by atoms with E-state index in [0.717, 1.165) is 11.1 Å². The van der Waals surface area contributed by atoms with E-state index in [0.29, 0.717) is 45.4 Å². The summed E-state index contributed by atoms with van der Waals surface area (Å²) in [5.74, 6) is 0.713. The number of benzene rings is 1. The van der Waals surface area contributed by atoms with Crippen LogP contribution in [0, 0.1) is 6.92 Å². The van der Waals surface area contributed by atoms with Crippen LogP contribution in [0.15, 0.2) is 18.2 Å². The van der Waals surface area contributed by atoms with Gasteiger partial charge in [-0.05, 0) is 25.5 Å². The molecule has 1 aromatic rings. The highest BCUT2D eigenvalue weighted by Crippen LogP contribution is 2.26. The quantitative estimate of drug-likeness (QED) is 0.634. The topological polar surface area (TPSA) is 57.2 Å². The van der Waals surface area contributed by atoms with E-state index in [-0.39, 0.29) is 0 Å². The highest BCUT2D eigenvalue weighted by Gasteiger charge is 2.09. The smallest absolute Gasteiger partial charge is 0.125 e. The minimum atomic E-state index is -0.546. The van der Waals surface area contributed by atoms with Gasteiger partial charge in [-0.25, -0.2) is 0 Å². The van der Waals surface area contributed by atoms with Gasteiger partial charge in [-0.15, -0.1) is 0 Å². The van der Waals surface area contributed by atoms with Crippen molar-refractivity contribution in [1.82, 2.24) is 0 Å². The standard InChI is InChI=1S/C16H26O5/c1-13-4-5-15(14(2)17)16(12-13)21-11-10-20-9-8-19-7-6-18-3/h4-5,12,14,17H,6-11H2,1-3H3/t14-/m1/s1. The lowest BCUT2D eigenvalue weighted by atomic mass is 10.1. The molecule has 0 aromatic heterocycles. The molecular weight excluding hydrogens is 272 g/mol. The number of rotatable bonds is 11. The second kappa shape index (κ2) is 10.6. The van der Waals surface area contributed by atoms with Crippen molar-refractivity contribution in [2.45, 2.75) is 20.0 Å². The van der Waals surface area contributed by atoms with Crippen LogP contribution >= 0.6 is 0 Å². The Morgan fingerprint density at radius 3 is 2.24 bits per heavy atom. The van der Waals surface area contributed by atoms with Crippen molar-refractivity contribution in [3.63, 3.8) is 0 Å². The number of aliphatic hydroxyl groups excluding tert-OH is 1. The highest BCUT2D eigenvalue weighted by atomic mass is 16.6. The van der Waals surface area contributed by atoms with Gasteiger partial charge in [-0.3, -0.25) is 0 Å². The number of hydrogen-bond donors (Lipinski definition) is 1. The van der Waals surface area contributed by atoms with E-state index in [1.165, 1.54) is 0 Å². The van der Waals surface area contributed by atoms with Crippen LogP contribution in [0.3, 0.4) is 0 Å². The fourth-order valence-corrected chi connectivity index (χ4v) is 1.79. The molecule has 0 spiro atoms. The van der Waals surface area contributed by atoms with E-state index in [2.05, 4.69) is 0 Å². The van der Waals surface area contributed by atoms with Crippen molar-refractivity contribution >= 4 is 0 Å². The first-order chi connectivity index (χ1) is 10.1. The van der Waals surface area contributed by atoms with E-state index < -0.39 is 6.10 Å². The summed E-state index contributed by atoms with van der Waals surface area (Å²) in [6.45, 7) is 6.91. The summed E-state index contributed by atoms with van der Waals surface area (Å²) in [5, 5.41) is 9.70. The SMILES string of the molecule is COCCOCCOCCOc1cc(C)ccc1[C@@H](C)O. The van der Waals surface area contributed by atoms with E-state index in [1.807, 2.05) is 25.1 Å². The molecule has 1 aromatic carbocycles. The summed E-state index contributed by atoms with van der Waals surface area (Å²) in [4.78, 5) is 0. The molecule has 1 atom stereocenters. The molecule has 0 fully saturated rings. The zero-order valence-electron chi connectivity index (χ0n) is 13.1. The van der Waals surface area contributed by atoms with Gasteiger partial charge in [0.15, 0.2) is 0 Å². The zero-order valence-corrected chi connectivity index (χ0v) is 13.1. The number of aliphatic hydroxyl groups is 1. The first kappa shape index (κ1) is 17.9. The second-order valence-electron chi connectivity index (χ2n) is 4.78. The number of hydrogen-bond acceptors (Lipinski definition) is 5. The molecule has 21 heavy (non-hydrogen) atoms. The fourth-order valence-electron chi connectivity index (χ4n) is 1.79. The highest BCUT2D eigenvalue weighted by molar-refractivity contribution is 5.38. The average molecular weight is 298 g/mol. The largest absolute Gasteiger partial charge is 0.491 e. The maximum atomic E-state index is 9.70. The molecule has 0 aliphatic heterocycles.